The topological polar surface area (TPSA) is 77.5 Å². The SMILES string of the molecule is COc1ccc([C@@H]2[C@@H]3C(=O)N(c4ccccc4Cl)C(=O)[C@H]3ON2c2ccccc2)c(OC)c1OC. The van der Waals surface area contributed by atoms with Gasteiger partial charge in [0.2, 0.25) is 11.7 Å². The van der Waals surface area contributed by atoms with Crippen molar-refractivity contribution in [2.24, 2.45) is 5.92 Å². The minimum absolute atomic E-state index is 0.300. The van der Waals surface area contributed by atoms with Gasteiger partial charge in [-0.2, -0.15) is 0 Å². The number of carbonyl (C=O) groups excluding carboxylic acids is 2. The molecule has 0 aliphatic carbocycles. The van der Waals surface area contributed by atoms with Crippen LogP contribution >= 0.6 is 11.6 Å². The second-order valence-corrected chi connectivity index (χ2v) is 8.45. The Morgan fingerprint density at radius 3 is 2.14 bits per heavy atom. The number of hydrogen-bond acceptors (Lipinski definition) is 7. The van der Waals surface area contributed by atoms with E-state index in [9.17, 15) is 9.59 Å². The van der Waals surface area contributed by atoms with Crippen LogP contribution in [0.5, 0.6) is 17.2 Å². The summed E-state index contributed by atoms with van der Waals surface area (Å²) in [5.41, 5.74) is 1.63. The fraction of sp³-hybridized carbons (Fsp3) is 0.231. The highest BCUT2D eigenvalue weighted by Gasteiger charge is 2.61. The van der Waals surface area contributed by atoms with Gasteiger partial charge in [0.15, 0.2) is 17.6 Å². The maximum Gasteiger partial charge on any atom is 0.266 e. The molecular formula is C26H23ClN2O6. The second-order valence-electron chi connectivity index (χ2n) is 8.04. The molecule has 180 valence electrons. The van der Waals surface area contributed by atoms with Crippen LogP contribution in [0.2, 0.25) is 5.02 Å². The molecule has 9 heteroatoms. The third kappa shape index (κ3) is 3.57. The Morgan fingerprint density at radius 1 is 0.800 bits per heavy atom. The smallest absolute Gasteiger partial charge is 0.266 e. The van der Waals surface area contributed by atoms with Gasteiger partial charge in [-0.05, 0) is 36.4 Å². The largest absolute Gasteiger partial charge is 0.493 e. The number of amides is 2. The number of methoxy groups -OCH3 is 3. The van der Waals surface area contributed by atoms with Crippen LogP contribution in [0, 0.1) is 5.92 Å². The number of hydrogen-bond donors (Lipinski definition) is 0. The fourth-order valence-corrected chi connectivity index (χ4v) is 4.98. The van der Waals surface area contributed by atoms with E-state index in [1.54, 1.807) is 41.5 Å². The van der Waals surface area contributed by atoms with Gasteiger partial charge in [-0.25, -0.2) is 9.96 Å². The zero-order valence-corrected chi connectivity index (χ0v) is 20.1. The standard InChI is InChI=1S/C26H23ClN2O6/c1-32-19-14-13-16(22(33-2)23(19)34-3)21-20-24(35-29(21)15-9-5-4-6-10-15)26(31)28(25(20)30)18-12-8-7-11-17(18)27/h4-14,20-21,24H,1-3H3/t20-,21+,24-/m0/s1. The van der Waals surface area contributed by atoms with Crippen LogP contribution in [0.1, 0.15) is 11.6 Å². The molecule has 2 amide bonds. The Labute approximate surface area is 207 Å². The van der Waals surface area contributed by atoms with Crippen molar-refractivity contribution in [2.75, 3.05) is 31.3 Å². The van der Waals surface area contributed by atoms with E-state index in [4.69, 9.17) is 30.6 Å². The summed E-state index contributed by atoms with van der Waals surface area (Å²) in [4.78, 5) is 34.6. The number of rotatable bonds is 6. The van der Waals surface area contributed by atoms with Crippen molar-refractivity contribution in [1.29, 1.82) is 0 Å². The summed E-state index contributed by atoms with van der Waals surface area (Å²) in [6, 6.07) is 18.9. The van der Waals surface area contributed by atoms with Gasteiger partial charge in [-0.1, -0.05) is 41.9 Å². The van der Waals surface area contributed by atoms with E-state index in [1.165, 1.54) is 21.3 Å². The number of anilines is 2. The lowest BCUT2D eigenvalue weighted by Crippen LogP contribution is -2.37. The lowest BCUT2D eigenvalue weighted by molar-refractivity contribution is -0.126. The number of ether oxygens (including phenoxy) is 3. The highest BCUT2D eigenvalue weighted by Crippen LogP contribution is 2.52. The van der Waals surface area contributed by atoms with Crippen LogP contribution in [-0.2, 0) is 14.4 Å². The lowest BCUT2D eigenvalue weighted by Gasteiger charge is -2.30. The van der Waals surface area contributed by atoms with Crippen LogP contribution in [0.25, 0.3) is 0 Å². The van der Waals surface area contributed by atoms with Gasteiger partial charge in [0.25, 0.3) is 5.91 Å². The molecule has 2 aliphatic heterocycles. The number of para-hydroxylation sites is 2. The molecule has 3 aromatic carbocycles. The quantitative estimate of drug-likeness (QED) is 0.469. The van der Waals surface area contributed by atoms with Crippen LogP contribution in [-0.4, -0.2) is 39.2 Å². The minimum Gasteiger partial charge on any atom is -0.493 e. The molecule has 2 saturated heterocycles. The predicted octanol–water partition coefficient (Wildman–Crippen LogP) is 4.42. The molecule has 2 heterocycles. The summed E-state index contributed by atoms with van der Waals surface area (Å²) in [7, 11) is 4.55. The van der Waals surface area contributed by atoms with E-state index in [1.807, 2.05) is 30.3 Å². The minimum atomic E-state index is -1.04. The summed E-state index contributed by atoms with van der Waals surface area (Å²) in [5, 5.41) is 1.90. The summed E-state index contributed by atoms with van der Waals surface area (Å²) in [5.74, 6) is -0.501. The summed E-state index contributed by atoms with van der Waals surface area (Å²) < 4.78 is 16.7. The maximum absolute atomic E-state index is 13.8. The first kappa shape index (κ1) is 23.0. The monoisotopic (exact) mass is 494 g/mol. The van der Waals surface area contributed by atoms with E-state index in [0.29, 0.717) is 39.2 Å². The zero-order valence-electron chi connectivity index (χ0n) is 19.3. The van der Waals surface area contributed by atoms with E-state index in [2.05, 4.69) is 0 Å². The summed E-state index contributed by atoms with van der Waals surface area (Å²) >= 11 is 6.34. The van der Waals surface area contributed by atoms with Crippen molar-refractivity contribution in [1.82, 2.24) is 0 Å². The molecular weight excluding hydrogens is 472 g/mol. The van der Waals surface area contributed by atoms with Gasteiger partial charge in [0.1, 0.15) is 12.0 Å². The number of carbonyl (C=O) groups is 2. The number of imide groups is 1. The van der Waals surface area contributed by atoms with Crippen molar-refractivity contribution < 1.29 is 28.6 Å². The van der Waals surface area contributed by atoms with Crippen molar-refractivity contribution in [3.63, 3.8) is 0 Å². The molecule has 0 unspecified atom stereocenters. The van der Waals surface area contributed by atoms with Crippen molar-refractivity contribution in [3.8, 4) is 17.2 Å². The molecule has 2 fully saturated rings. The fourth-order valence-electron chi connectivity index (χ4n) is 4.76. The molecule has 8 nitrogen and oxygen atoms in total. The van der Waals surface area contributed by atoms with Gasteiger partial charge in [-0.3, -0.25) is 14.4 Å². The second kappa shape index (κ2) is 9.13. The van der Waals surface area contributed by atoms with Gasteiger partial charge >= 0.3 is 0 Å². The molecule has 2 aliphatic rings. The average Bonchev–Trinajstić information content (AvgIpc) is 3.39. The molecule has 3 aromatic rings. The molecule has 0 saturated carbocycles. The number of halogens is 1. The van der Waals surface area contributed by atoms with Crippen LogP contribution in [0.15, 0.2) is 66.7 Å². The van der Waals surface area contributed by atoms with E-state index < -0.39 is 29.9 Å². The van der Waals surface area contributed by atoms with Gasteiger partial charge < -0.3 is 14.2 Å². The predicted molar refractivity (Wildman–Crippen MR) is 130 cm³/mol. The van der Waals surface area contributed by atoms with Crippen LogP contribution < -0.4 is 24.2 Å². The Morgan fingerprint density at radius 2 is 1.49 bits per heavy atom. The van der Waals surface area contributed by atoms with E-state index in [-0.39, 0.29) is 0 Å². The van der Waals surface area contributed by atoms with E-state index >= 15 is 0 Å². The van der Waals surface area contributed by atoms with Crippen molar-refractivity contribution in [2.45, 2.75) is 12.1 Å². The highest BCUT2D eigenvalue weighted by atomic mass is 35.5. The number of fused-ring (bicyclic) bond motifs is 1. The van der Waals surface area contributed by atoms with Gasteiger partial charge in [0, 0.05) is 5.56 Å². The van der Waals surface area contributed by atoms with E-state index in [0.717, 1.165) is 4.90 Å². The lowest BCUT2D eigenvalue weighted by atomic mass is 9.89. The third-order valence-electron chi connectivity index (χ3n) is 6.27. The van der Waals surface area contributed by atoms with Gasteiger partial charge in [0.05, 0.1) is 37.7 Å². The molecule has 0 aromatic heterocycles. The third-order valence-corrected chi connectivity index (χ3v) is 6.59. The number of benzene rings is 3. The molecule has 3 atom stereocenters. The Kier molecular flexibility index (Phi) is 6.00. The van der Waals surface area contributed by atoms with Gasteiger partial charge in [-0.15, -0.1) is 0 Å². The normalized spacial score (nSPS) is 21.3. The van der Waals surface area contributed by atoms with Crippen molar-refractivity contribution in [3.05, 3.63) is 77.3 Å². The molecule has 0 radical (unpaired) electrons. The Bertz CT molecular complexity index is 1280. The molecule has 35 heavy (non-hydrogen) atoms. The van der Waals surface area contributed by atoms with Crippen molar-refractivity contribution >= 4 is 34.8 Å². The first-order valence-corrected chi connectivity index (χ1v) is 11.3. The Balaban J connectivity index is 1.67. The maximum atomic E-state index is 13.8. The molecule has 0 N–H and O–H groups in total. The summed E-state index contributed by atoms with van der Waals surface area (Å²) in [6.07, 6.45) is -1.04. The number of nitrogens with zero attached hydrogens (tertiary/aromatic N) is 2. The number of hydroxylamine groups is 1. The van der Waals surface area contributed by atoms with Crippen LogP contribution in [0.3, 0.4) is 0 Å². The Hall–Kier alpha value is -3.75. The highest BCUT2D eigenvalue weighted by molar-refractivity contribution is 6.36. The summed E-state index contributed by atoms with van der Waals surface area (Å²) in [6.45, 7) is 0. The van der Waals surface area contributed by atoms with Crippen LogP contribution in [0.4, 0.5) is 11.4 Å². The molecule has 0 bridgehead atoms. The first-order valence-electron chi connectivity index (χ1n) is 10.9. The average molecular weight is 495 g/mol. The first-order chi connectivity index (χ1) is 17.0. The molecule has 0 spiro atoms. The zero-order chi connectivity index (χ0) is 24.7. The molecule has 5 rings (SSSR count).